The Labute approximate surface area is 141 Å². The molecule has 2 rings (SSSR count). The number of aliphatic hydroxyl groups is 2. The molecule has 24 heavy (non-hydrogen) atoms. The Kier molecular flexibility index (Phi) is 6.30. The van der Waals surface area contributed by atoms with Crippen molar-refractivity contribution >= 4 is 17.5 Å². The highest BCUT2D eigenvalue weighted by Crippen LogP contribution is 2.20. The van der Waals surface area contributed by atoms with Crippen LogP contribution in [0.5, 0.6) is 0 Å². The van der Waals surface area contributed by atoms with Crippen LogP contribution in [-0.4, -0.2) is 78.3 Å². The molecule has 1 aliphatic rings. The Morgan fingerprint density at radius 1 is 1.29 bits per heavy atom. The van der Waals surface area contributed by atoms with Crippen molar-refractivity contribution in [2.75, 3.05) is 45.7 Å². The first-order chi connectivity index (χ1) is 11.4. The zero-order valence-electron chi connectivity index (χ0n) is 14.1. The van der Waals surface area contributed by atoms with E-state index in [-0.39, 0.29) is 30.9 Å². The molecule has 1 heterocycles. The first-order valence-electron chi connectivity index (χ1n) is 8.03. The molecule has 0 bridgehead atoms. The van der Waals surface area contributed by atoms with E-state index in [1.165, 1.54) is 0 Å². The summed E-state index contributed by atoms with van der Waals surface area (Å²) in [6.07, 6.45) is -0.112. The van der Waals surface area contributed by atoms with Crippen LogP contribution >= 0.6 is 0 Å². The van der Waals surface area contributed by atoms with Crippen LogP contribution < -0.4 is 5.32 Å². The Morgan fingerprint density at radius 3 is 2.50 bits per heavy atom. The van der Waals surface area contributed by atoms with E-state index in [2.05, 4.69) is 5.32 Å². The number of aliphatic hydroxyl groups excluding tert-OH is 2. The predicted molar refractivity (Wildman–Crippen MR) is 90.7 cm³/mol. The minimum absolute atomic E-state index is 0.0649. The lowest BCUT2D eigenvalue weighted by atomic mass is 9.94. The average molecular weight is 335 g/mol. The standard InChI is InChI=1S/C17H25N3O4/c1-19(2)10-16(23)18-14-5-3-12(4-6-14)17(24)20-8-7-13(11-21)15(22)9-20/h3-6,13,15,21-22H,7-11H2,1-2H3,(H,18,23)/t13-,15-/m1/s1. The third-order valence-electron chi connectivity index (χ3n) is 4.12. The maximum atomic E-state index is 12.5. The molecule has 0 aromatic heterocycles. The smallest absolute Gasteiger partial charge is 0.253 e. The van der Waals surface area contributed by atoms with Crippen molar-refractivity contribution in [3.05, 3.63) is 29.8 Å². The molecule has 0 spiro atoms. The highest BCUT2D eigenvalue weighted by atomic mass is 16.3. The number of hydrogen-bond acceptors (Lipinski definition) is 5. The van der Waals surface area contributed by atoms with Crippen LogP contribution in [-0.2, 0) is 4.79 Å². The lowest BCUT2D eigenvalue weighted by Gasteiger charge is -2.35. The van der Waals surface area contributed by atoms with Gasteiger partial charge in [-0.05, 0) is 44.8 Å². The number of benzene rings is 1. The molecule has 1 fully saturated rings. The summed E-state index contributed by atoms with van der Waals surface area (Å²) < 4.78 is 0. The normalized spacial score (nSPS) is 21.0. The lowest BCUT2D eigenvalue weighted by Crippen LogP contribution is -2.47. The number of likely N-dealkylation sites (N-methyl/N-ethyl adjacent to an activating group) is 1. The molecule has 0 unspecified atom stereocenters. The molecule has 7 heteroatoms. The van der Waals surface area contributed by atoms with Crippen LogP contribution in [0.3, 0.4) is 0 Å². The molecule has 1 aliphatic heterocycles. The summed E-state index contributed by atoms with van der Waals surface area (Å²) >= 11 is 0. The highest BCUT2D eigenvalue weighted by molar-refractivity contribution is 5.96. The Morgan fingerprint density at radius 2 is 1.96 bits per heavy atom. The Hall–Kier alpha value is -1.96. The number of carbonyl (C=O) groups is 2. The maximum Gasteiger partial charge on any atom is 0.253 e. The number of likely N-dealkylation sites (tertiary alicyclic amines) is 1. The van der Waals surface area contributed by atoms with Crippen LogP contribution in [0.2, 0.25) is 0 Å². The molecule has 0 saturated carbocycles. The minimum atomic E-state index is -0.697. The Balaban J connectivity index is 1.95. The van der Waals surface area contributed by atoms with Crippen LogP contribution in [0.15, 0.2) is 24.3 Å². The van der Waals surface area contributed by atoms with Gasteiger partial charge in [0.1, 0.15) is 0 Å². The molecule has 7 nitrogen and oxygen atoms in total. The van der Waals surface area contributed by atoms with Crippen molar-refractivity contribution in [1.29, 1.82) is 0 Å². The van der Waals surface area contributed by atoms with E-state index in [1.54, 1.807) is 34.1 Å². The van der Waals surface area contributed by atoms with Gasteiger partial charge in [0.05, 0.1) is 12.6 Å². The fraction of sp³-hybridized carbons (Fsp3) is 0.529. The van der Waals surface area contributed by atoms with E-state index in [4.69, 9.17) is 5.11 Å². The van der Waals surface area contributed by atoms with Gasteiger partial charge in [0.25, 0.3) is 5.91 Å². The van der Waals surface area contributed by atoms with Crippen molar-refractivity contribution in [3.63, 3.8) is 0 Å². The molecule has 3 N–H and O–H groups in total. The first kappa shape index (κ1) is 18.4. The second-order valence-electron chi connectivity index (χ2n) is 6.41. The van der Waals surface area contributed by atoms with Crippen molar-refractivity contribution < 1.29 is 19.8 Å². The minimum Gasteiger partial charge on any atom is -0.396 e. The number of rotatable bonds is 5. The van der Waals surface area contributed by atoms with Gasteiger partial charge in [-0.25, -0.2) is 0 Å². The van der Waals surface area contributed by atoms with Crippen LogP contribution in [0.1, 0.15) is 16.8 Å². The molecule has 132 valence electrons. The van der Waals surface area contributed by atoms with Gasteiger partial charge in [0, 0.05) is 36.9 Å². The van der Waals surface area contributed by atoms with E-state index >= 15 is 0 Å². The number of piperidine rings is 1. The SMILES string of the molecule is CN(C)CC(=O)Nc1ccc(C(=O)N2CC[C@H](CO)[C@H](O)C2)cc1. The molecule has 2 amide bonds. The number of nitrogens with one attached hydrogen (secondary N) is 1. The van der Waals surface area contributed by atoms with E-state index in [0.717, 1.165) is 0 Å². The number of hydrogen-bond donors (Lipinski definition) is 3. The monoisotopic (exact) mass is 335 g/mol. The summed E-state index contributed by atoms with van der Waals surface area (Å²) in [5, 5.41) is 21.9. The van der Waals surface area contributed by atoms with Gasteiger partial charge in [-0.3, -0.25) is 9.59 Å². The molecule has 2 atom stereocenters. The molecule has 0 aliphatic carbocycles. The number of amides is 2. The van der Waals surface area contributed by atoms with Crippen molar-refractivity contribution in [2.24, 2.45) is 5.92 Å². The van der Waals surface area contributed by atoms with E-state index in [1.807, 2.05) is 14.1 Å². The van der Waals surface area contributed by atoms with Crippen LogP contribution in [0.4, 0.5) is 5.69 Å². The van der Waals surface area contributed by atoms with E-state index in [9.17, 15) is 14.7 Å². The largest absolute Gasteiger partial charge is 0.396 e. The van der Waals surface area contributed by atoms with Crippen LogP contribution in [0, 0.1) is 5.92 Å². The third-order valence-corrected chi connectivity index (χ3v) is 4.12. The van der Waals surface area contributed by atoms with Gasteiger partial charge in [0.2, 0.25) is 5.91 Å². The van der Waals surface area contributed by atoms with Crippen molar-refractivity contribution in [1.82, 2.24) is 9.80 Å². The molecular formula is C17H25N3O4. The summed E-state index contributed by atoms with van der Waals surface area (Å²) in [4.78, 5) is 27.6. The van der Waals surface area contributed by atoms with Gasteiger partial charge in [0.15, 0.2) is 0 Å². The van der Waals surface area contributed by atoms with E-state index < -0.39 is 6.10 Å². The number of carbonyl (C=O) groups excluding carboxylic acids is 2. The predicted octanol–water partition coefficient (Wildman–Crippen LogP) is 0.00200. The summed E-state index contributed by atoms with van der Waals surface area (Å²) in [6.45, 7) is 0.969. The number of nitrogens with zero attached hydrogens (tertiary/aromatic N) is 2. The summed E-state index contributed by atoms with van der Waals surface area (Å²) in [7, 11) is 3.63. The fourth-order valence-corrected chi connectivity index (χ4v) is 2.74. The first-order valence-corrected chi connectivity index (χ1v) is 8.03. The van der Waals surface area contributed by atoms with Crippen LogP contribution in [0.25, 0.3) is 0 Å². The molecule has 1 aromatic carbocycles. The number of anilines is 1. The third kappa shape index (κ3) is 4.77. The lowest BCUT2D eigenvalue weighted by molar-refractivity contribution is -0.116. The van der Waals surface area contributed by atoms with Gasteiger partial charge >= 0.3 is 0 Å². The van der Waals surface area contributed by atoms with Gasteiger partial charge in [-0.1, -0.05) is 0 Å². The average Bonchev–Trinajstić information content (AvgIpc) is 2.54. The number of β-amino-alcohol motifs (C(OH)–C–C–N with tert-alkyl or cyclic N) is 1. The summed E-state index contributed by atoms with van der Waals surface area (Å²) in [6, 6.07) is 6.71. The van der Waals surface area contributed by atoms with Gasteiger partial charge < -0.3 is 25.3 Å². The second kappa shape index (κ2) is 8.23. The van der Waals surface area contributed by atoms with Gasteiger partial charge in [-0.15, -0.1) is 0 Å². The summed E-state index contributed by atoms with van der Waals surface area (Å²) in [5.41, 5.74) is 1.15. The summed E-state index contributed by atoms with van der Waals surface area (Å²) in [5.74, 6) is -0.437. The highest BCUT2D eigenvalue weighted by Gasteiger charge is 2.30. The Bertz CT molecular complexity index is 574. The molecule has 1 aromatic rings. The van der Waals surface area contributed by atoms with Crippen molar-refractivity contribution in [3.8, 4) is 0 Å². The second-order valence-corrected chi connectivity index (χ2v) is 6.41. The zero-order valence-corrected chi connectivity index (χ0v) is 14.1. The molecule has 1 saturated heterocycles. The molecule has 0 radical (unpaired) electrons. The quantitative estimate of drug-likeness (QED) is 0.704. The molecular weight excluding hydrogens is 310 g/mol. The zero-order chi connectivity index (χ0) is 17.7. The van der Waals surface area contributed by atoms with E-state index in [0.29, 0.717) is 30.8 Å². The fourth-order valence-electron chi connectivity index (χ4n) is 2.74. The topological polar surface area (TPSA) is 93.1 Å². The maximum absolute atomic E-state index is 12.5. The van der Waals surface area contributed by atoms with Gasteiger partial charge in [-0.2, -0.15) is 0 Å². The van der Waals surface area contributed by atoms with Crippen molar-refractivity contribution in [2.45, 2.75) is 12.5 Å².